The highest BCUT2D eigenvalue weighted by Gasteiger charge is 2.25. The van der Waals surface area contributed by atoms with Gasteiger partial charge in [0.05, 0.1) is 0 Å². The van der Waals surface area contributed by atoms with Crippen LogP contribution in [0.1, 0.15) is 46.5 Å². The van der Waals surface area contributed by atoms with Gasteiger partial charge in [0, 0.05) is 12.6 Å². The third kappa shape index (κ3) is 4.12. The van der Waals surface area contributed by atoms with Crippen molar-refractivity contribution in [3.8, 4) is 0 Å². The molecule has 1 aliphatic carbocycles. The molecular weight excluding hydrogens is 184 g/mol. The van der Waals surface area contributed by atoms with Crippen molar-refractivity contribution in [1.82, 2.24) is 4.90 Å². The van der Waals surface area contributed by atoms with Crippen LogP contribution in [0.15, 0.2) is 0 Å². The Balaban J connectivity index is 2.28. The first-order valence-corrected chi connectivity index (χ1v) is 6.35. The topological polar surface area (TPSA) is 29.3 Å². The maximum absolute atomic E-state index is 5.77. The molecule has 0 radical (unpaired) electrons. The van der Waals surface area contributed by atoms with Crippen LogP contribution in [-0.2, 0) is 0 Å². The van der Waals surface area contributed by atoms with Gasteiger partial charge in [-0.2, -0.15) is 0 Å². The first-order valence-electron chi connectivity index (χ1n) is 6.35. The number of nitrogens with two attached hydrogens (primary N) is 1. The number of rotatable bonds is 6. The highest BCUT2D eigenvalue weighted by Crippen LogP contribution is 2.31. The van der Waals surface area contributed by atoms with E-state index in [-0.39, 0.29) is 5.41 Å². The van der Waals surface area contributed by atoms with Crippen LogP contribution in [0.3, 0.4) is 0 Å². The van der Waals surface area contributed by atoms with Crippen LogP contribution in [0.25, 0.3) is 0 Å². The maximum atomic E-state index is 5.77. The summed E-state index contributed by atoms with van der Waals surface area (Å²) in [5.41, 5.74) is 6.02. The Bertz CT molecular complexity index is 185. The van der Waals surface area contributed by atoms with Crippen LogP contribution in [-0.4, -0.2) is 31.1 Å². The molecule has 1 unspecified atom stereocenters. The smallest absolute Gasteiger partial charge is 0.00667 e. The fourth-order valence-corrected chi connectivity index (χ4v) is 2.29. The summed E-state index contributed by atoms with van der Waals surface area (Å²) in [4.78, 5) is 2.48. The van der Waals surface area contributed by atoms with Crippen LogP contribution in [0, 0.1) is 11.3 Å². The van der Waals surface area contributed by atoms with Crippen molar-refractivity contribution in [2.75, 3.05) is 20.1 Å². The minimum atomic E-state index is 0.253. The molecule has 0 aromatic heterocycles. The molecule has 0 spiro atoms. The van der Waals surface area contributed by atoms with Crippen molar-refractivity contribution in [3.05, 3.63) is 0 Å². The summed E-state index contributed by atoms with van der Waals surface area (Å²) in [6.45, 7) is 8.73. The van der Waals surface area contributed by atoms with E-state index >= 15 is 0 Å². The molecule has 2 N–H and O–H groups in total. The van der Waals surface area contributed by atoms with Crippen molar-refractivity contribution in [1.29, 1.82) is 0 Å². The molecule has 1 aliphatic rings. The van der Waals surface area contributed by atoms with Crippen molar-refractivity contribution in [3.63, 3.8) is 0 Å². The molecule has 1 saturated carbocycles. The lowest BCUT2D eigenvalue weighted by Gasteiger charge is -2.36. The van der Waals surface area contributed by atoms with E-state index < -0.39 is 0 Å². The molecule has 1 atom stereocenters. The molecule has 0 bridgehead atoms. The fourth-order valence-electron chi connectivity index (χ4n) is 2.29. The van der Waals surface area contributed by atoms with E-state index in [0.29, 0.717) is 6.04 Å². The summed E-state index contributed by atoms with van der Waals surface area (Å²) in [6.07, 6.45) is 5.74. The van der Waals surface area contributed by atoms with Gasteiger partial charge >= 0.3 is 0 Å². The van der Waals surface area contributed by atoms with Crippen LogP contribution in [0.4, 0.5) is 0 Å². The highest BCUT2D eigenvalue weighted by atomic mass is 15.1. The molecule has 0 heterocycles. The van der Waals surface area contributed by atoms with Gasteiger partial charge in [-0.05, 0) is 38.3 Å². The Morgan fingerprint density at radius 3 is 2.40 bits per heavy atom. The minimum absolute atomic E-state index is 0.253. The van der Waals surface area contributed by atoms with E-state index in [4.69, 9.17) is 5.73 Å². The average molecular weight is 212 g/mol. The Labute approximate surface area is 95.2 Å². The third-order valence-electron chi connectivity index (χ3n) is 3.88. The van der Waals surface area contributed by atoms with Crippen molar-refractivity contribution in [2.45, 2.75) is 52.5 Å². The van der Waals surface area contributed by atoms with Gasteiger partial charge in [0.1, 0.15) is 0 Å². The summed E-state index contributed by atoms with van der Waals surface area (Å²) in [5.74, 6) is 1.00. The van der Waals surface area contributed by atoms with E-state index in [0.717, 1.165) is 19.0 Å². The Kier molecular flexibility index (Phi) is 4.60. The molecule has 0 aliphatic heterocycles. The number of hydrogen-bond donors (Lipinski definition) is 1. The second-order valence-electron chi connectivity index (χ2n) is 6.17. The first-order chi connectivity index (χ1) is 6.94. The molecule has 1 rings (SSSR count). The quantitative estimate of drug-likeness (QED) is 0.733. The van der Waals surface area contributed by atoms with Gasteiger partial charge < -0.3 is 10.6 Å². The Morgan fingerprint density at radius 2 is 2.00 bits per heavy atom. The summed E-state index contributed by atoms with van der Waals surface area (Å²) in [5, 5.41) is 0. The molecule has 15 heavy (non-hydrogen) atoms. The molecule has 2 nitrogen and oxygen atoms in total. The number of nitrogens with zero attached hydrogens (tertiary/aromatic N) is 1. The van der Waals surface area contributed by atoms with Crippen LogP contribution >= 0.6 is 0 Å². The van der Waals surface area contributed by atoms with Crippen molar-refractivity contribution in [2.24, 2.45) is 17.1 Å². The largest absolute Gasteiger partial charge is 0.330 e. The molecular formula is C13H28N2. The van der Waals surface area contributed by atoms with Crippen LogP contribution in [0.2, 0.25) is 0 Å². The summed E-state index contributed by atoms with van der Waals surface area (Å²) in [6, 6.07) is 0.709. The van der Waals surface area contributed by atoms with Crippen molar-refractivity contribution >= 4 is 0 Å². The van der Waals surface area contributed by atoms with Gasteiger partial charge in [0.25, 0.3) is 0 Å². The minimum Gasteiger partial charge on any atom is -0.330 e. The zero-order chi connectivity index (χ0) is 11.5. The van der Waals surface area contributed by atoms with Gasteiger partial charge in [0.15, 0.2) is 0 Å². The summed E-state index contributed by atoms with van der Waals surface area (Å²) >= 11 is 0. The molecule has 0 aromatic carbocycles. The van der Waals surface area contributed by atoms with Gasteiger partial charge in [-0.25, -0.2) is 0 Å². The molecule has 2 heteroatoms. The SMILES string of the molecule is CC(CC1CCC1)N(C)CC(C)(C)CN. The lowest BCUT2D eigenvalue weighted by Crippen LogP contribution is -2.41. The van der Waals surface area contributed by atoms with E-state index in [9.17, 15) is 0 Å². The third-order valence-corrected chi connectivity index (χ3v) is 3.88. The average Bonchev–Trinajstić information content (AvgIpc) is 2.10. The van der Waals surface area contributed by atoms with Crippen LogP contribution < -0.4 is 5.73 Å². The van der Waals surface area contributed by atoms with Crippen LogP contribution in [0.5, 0.6) is 0 Å². The molecule has 0 aromatic rings. The summed E-state index contributed by atoms with van der Waals surface area (Å²) < 4.78 is 0. The Morgan fingerprint density at radius 1 is 1.40 bits per heavy atom. The van der Waals surface area contributed by atoms with E-state index in [2.05, 4.69) is 32.7 Å². The molecule has 90 valence electrons. The first kappa shape index (κ1) is 13.0. The lowest BCUT2D eigenvalue weighted by molar-refractivity contribution is 0.137. The zero-order valence-electron chi connectivity index (χ0n) is 10.9. The van der Waals surface area contributed by atoms with Gasteiger partial charge in [-0.15, -0.1) is 0 Å². The predicted octanol–water partition coefficient (Wildman–Crippen LogP) is 2.48. The van der Waals surface area contributed by atoms with E-state index in [1.807, 2.05) is 0 Å². The summed E-state index contributed by atoms with van der Waals surface area (Å²) in [7, 11) is 2.24. The fraction of sp³-hybridized carbons (Fsp3) is 1.00. The standard InChI is InChI=1S/C13H28N2/c1-11(8-12-6-5-7-12)15(4)10-13(2,3)9-14/h11-12H,5-10,14H2,1-4H3. The second kappa shape index (κ2) is 5.31. The Hall–Kier alpha value is -0.0800. The molecule has 0 saturated heterocycles. The second-order valence-corrected chi connectivity index (χ2v) is 6.17. The zero-order valence-corrected chi connectivity index (χ0v) is 10.9. The molecule has 0 amide bonds. The monoisotopic (exact) mass is 212 g/mol. The normalized spacial score (nSPS) is 20.4. The maximum Gasteiger partial charge on any atom is 0.00667 e. The predicted molar refractivity (Wildman–Crippen MR) is 66.9 cm³/mol. The number of hydrogen-bond acceptors (Lipinski definition) is 2. The molecule has 1 fully saturated rings. The van der Waals surface area contributed by atoms with Crippen molar-refractivity contribution < 1.29 is 0 Å². The van der Waals surface area contributed by atoms with E-state index in [1.54, 1.807) is 0 Å². The van der Waals surface area contributed by atoms with E-state index in [1.165, 1.54) is 25.7 Å². The van der Waals surface area contributed by atoms with Gasteiger partial charge in [0.2, 0.25) is 0 Å². The van der Waals surface area contributed by atoms with Gasteiger partial charge in [-0.1, -0.05) is 33.1 Å². The lowest BCUT2D eigenvalue weighted by atomic mass is 9.80. The highest BCUT2D eigenvalue weighted by molar-refractivity contribution is 4.79. The van der Waals surface area contributed by atoms with Gasteiger partial charge in [-0.3, -0.25) is 0 Å².